The lowest BCUT2D eigenvalue weighted by Crippen LogP contribution is -2.60. The Kier molecular flexibility index (Phi) is 21.1. The fourth-order valence-electron chi connectivity index (χ4n) is 10.3. The molecule has 0 spiro atoms. The summed E-state index contributed by atoms with van der Waals surface area (Å²) in [6.45, 7) is 20.2. The molecule has 394 valence electrons. The number of hydrogen-bond donors (Lipinski definition) is 3. The highest BCUT2D eigenvalue weighted by Crippen LogP contribution is 2.53. The molecule has 4 rings (SSSR count). The monoisotopic (exact) mass is 990 g/mol. The van der Waals surface area contributed by atoms with E-state index in [-0.39, 0.29) is 56.6 Å². The van der Waals surface area contributed by atoms with Gasteiger partial charge in [-0.3, -0.25) is 33.6 Å². The number of aliphatic hydroxyl groups excluding tert-OH is 1. The number of amides is 7. The number of aldehydes is 1. The number of ether oxygens (including phenoxy) is 1. The van der Waals surface area contributed by atoms with Gasteiger partial charge in [0.15, 0.2) is 0 Å². The van der Waals surface area contributed by atoms with Crippen LogP contribution in [0.4, 0.5) is 0 Å². The normalized spacial score (nSPS) is 19.2. The minimum Gasteiger partial charge on any atom is -0.393 e. The fourth-order valence-corrected chi connectivity index (χ4v) is 10.3. The quantitative estimate of drug-likeness (QED) is 0.0633. The molecule has 0 aromatic rings. The van der Waals surface area contributed by atoms with Crippen molar-refractivity contribution in [1.82, 2.24) is 35.1 Å². The number of allylic oxidation sites excluding steroid dienone is 7. The van der Waals surface area contributed by atoms with E-state index in [0.29, 0.717) is 25.0 Å². The van der Waals surface area contributed by atoms with E-state index in [0.717, 1.165) is 44.8 Å². The number of aliphatic hydroxyl groups is 1. The third kappa shape index (κ3) is 15.8. The molecule has 3 aliphatic carbocycles. The summed E-state index contributed by atoms with van der Waals surface area (Å²) in [6, 6.07) is -5.78. The van der Waals surface area contributed by atoms with E-state index in [4.69, 9.17) is 4.74 Å². The highest BCUT2D eigenvalue weighted by atomic mass is 16.5. The number of carbonyl (C=O) groups is 8. The van der Waals surface area contributed by atoms with Gasteiger partial charge in [-0.15, -0.1) is 0 Å². The summed E-state index contributed by atoms with van der Waals surface area (Å²) in [6.07, 6.45) is 11.1. The van der Waals surface area contributed by atoms with Gasteiger partial charge in [0, 0.05) is 59.5 Å². The lowest BCUT2D eigenvalue weighted by Gasteiger charge is -2.38. The summed E-state index contributed by atoms with van der Waals surface area (Å²) >= 11 is 0. The van der Waals surface area contributed by atoms with Crippen molar-refractivity contribution in [3.8, 4) is 0 Å². The Hall–Kier alpha value is -5.42. The molecular formula is C54H83N7O10. The van der Waals surface area contributed by atoms with E-state index in [1.165, 1.54) is 70.0 Å². The van der Waals surface area contributed by atoms with Crippen LogP contribution in [-0.4, -0.2) is 173 Å². The number of nitrogens with zero attached hydrogens (tertiary/aromatic N) is 5. The predicted octanol–water partition coefficient (Wildman–Crippen LogP) is 4.41. The minimum atomic E-state index is -1.35. The van der Waals surface area contributed by atoms with Crippen LogP contribution in [0.1, 0.15) is 126 Å². The maximum absolute atomic E-state index is 15.3. The SMILES string of the molecule is C=C/C=C\C(=C)CC(C(=O)N(C)C(CC1C2=C3CCC(=C1CC2)C3)C(=O)N[C@H](C)CC(=O)N1CCCC1C=O)N(C)C(=O)C(COC(C)(C)C)NC(=O)C(CC(C)C)N(C)C(=O)CN(C)C(=O)CC(C)O. The van der Waals surface area contributed by atoms with E-state index in [9.17, 15) is 33.9 Å². The zero-order valence-corrected chi connectivity index (χ0v) is 44.4. The number of likely N-dealkylation sites (N-methyl/N-ethyl adjacent to an activating group) is 4. The molecule has 17 nitrogen and oxygen atoms in total. The molecule has 1 aliphatic heterocycles. The van der Waals surface area contributed by atoms with Gasteiger partial charge in [0.1, 0.15) is 30.5 Å². The summed E-state index contributed by atoms with van der Waals surface area (Å²) in [5.41, 5.74) is 5.22. The maximum Gasteiger partial charge on any atom is 0.247 e. The highest BCUT2D eigenvalue weighted by molar-refractivity contribution is 5.96. The van der Waals surface area contributed by atoms with E-state index >= 15 is 9.59 Å². The zero-order chi connectivity index (χ0) is 53.1. The summed E-state index contributed by atoms with van der Waals surface area (Å²) in [7, 11) is 5.93. The van der Waals surface area contributed by atoms with Crippen LogP contribution in [0.5, 0.6) is 0 Å². The van der Waals surface area contributed by atoms with Crippen molar-refractivity contribution in [2.75, 3.05) is 47.9 Å². The lowest BCUT2D eigenvalue weighted by molar-refractivity contribution is -0.151. The first-order valence-corrected chi connectivity index (χ1v) is 25.4. The van der Waals surface area contributed by atoms with Gasteiger partial charge < -0.3 is 49.8 Å². The molecule has 6 unspecified atom stereocenters. The Bertz CT molecular complexity index is 2090. The van der Waals surface area contributed by atoms with Crippen LogP contribution in [-0.2, 0) is 43.1 Å². The summed E-state index contributed by atoms with van der Waals surface area (Å²) in [4.78, 5) is 117. The van der Waals surface area contributed by atoms with Gasteiger partial charge in [0.2, 0.25) is 41.4 Å². The second-order valence-electron chi connectivity index (χ2n) is 21.6. The number of rotatable bonds is 26. The Labute approximate surface area is 422 Å². The fraction of sp³-hybridized carbons (Fsp3) is 0.667. The molecule has 7 amide bonds. The molecule has 1 saturated heterocycles. The molecule has 0 aromatic heterocycles. The van der Waals surface area contributed by atoms with Crippen LogP contribution >= 0.6 is 0 Å². The van der Waals surface area contributed by atoms with E-state index in [1.807, 2.05) is 13.8 Å². The van der Waals surface area contributed by atoms with E-state index in [2.05, 4.69) is 23.8 Å². The standard InChI is InChI=1S/C54H83N7O10/c1-14-15-17-34(4)25-46(60(13)52(69)43(32-71-54(7,8)9)56-51(68)44(24-33(2)3)58(11)49(66)30-57(10)47(64)27-36(6)63)53(70)59(12)45(29-42-40-21-22-41(42)38-20-19-37(40)28-38)50(67)55-35(5)26-48(65)61-23-16-18-39(61)31-62/h14-15,17,31,33,35-36,39,42-46,63H,1,4,16,18-30,32H2,2-3,5-13H3,(H,55,67)(H,56,68)/b17-15-/t35-,36?,39?,43?,44?,45?,46?/m1/s1. The third-order valence-corrected chi connectivity index (χ3v) is 14.2. The van der Waals surface area contributed by atoms with Gasteiger partial charge in [-0.2, -0.15) is 0 Å². The number of fused-ring (bicyclic) bond motifs is 4. The van der Waals surface area contributed by atoms with Gasteiger partial charge in [0.25, 0.3) is 0 Å². The maximum atomic E-state index is 15.3. The van der Waals surface area contributed by atoms with Gasteiger partial charge in [0.05, 0.1) is 37.3 Å². The summed E-state index contributed by atoms with van der Waals surface area (Å²) in [5, 5.41) is 15.6. The van der Waals surface area contributed by atoms with Crippen molar-refractivity contribution in [3.05, 3.63) is 59.3 Å². The molecule has 7 atom stereocenters. The first-order valence-electron chi connectivity index (χ1n) is 25.4. The Balaban J connectivity index is 1.68. The van der Waals surface area contributed by atoms with Crippen molar-refractivity contribution in [2.24, 2.45) is 11.8 Å². The molecule has 0 aromatic carbocycles. The Morgan fingerprint density at radius 2 is 1.42 bits per heavy atom. The highest BCUT2D eigenvalue weighted by Gasteiger charge is 2.44. The largest absolute Gasteiger partial charge is 0.393 e. The van der Waals surface area contributed by atoms with Crippen molar-refractivity contribution >= 4 is 47.6 Å². The summed E-state index contributed by atoms with van der Waals surface area (Å²) in [5.74, 6) is -3.62. The molecule has 2 saturated carbocycles. The second kappa shape index (κ2) is 25.8. The third-order valence-electron chi connectivity index (χ3n) is 14.2. The number of hydrogen-bond acceptors (Lipinski definition) is 10. The minimum absolute atomic E-state index is 0.0245. The average Bonchev–Trinajstić information content (AvgIpc) is 4.03. The predicted molar refractivity (Wildman–Crippen MR) is 272 cm³/mol. The van der Waals surface area contributed by atoms with Crippen molar-refractivity contribution in [2.45, 2.75) is 173 Å². The van der Waals surface area contributed by atoms with Crippen molar-refractivity contribution in [1.29, 1.82) is 0 Å². The van der Waals surface area contributed by atoms with Gasteiger partial charge in [-0.25, -0.2) is 0 Å². The molecule has 17 heteroatoms. The number of carbonyl (C=O) groups excluding carboxylic acids is 8. The first-order chi connectivity index (χ1) is 33.3. The Morgan fingerprint density at radius 3 is 1.99 bits per heavy atom. The molecule has 4 aliphatic rings. The van der Waals surface area contributed by atoms with Crippen LogP contribution in [0.25, 0.3) is 0 Å². The van der Waals surface area contributed by atoms with Gasteiger partial charge in [-0.05, 0) is 98.3 Å². The van der Waals surface area contributed by atoms with Crippen LogP contribution in [0.2, 0.25) is 0 Å². The second-order valence-corrected chi connectivity index (χ2v) is 21.6. The van der Waals surface area contributed by atoms with E-state index < -0.39 is 83.4 Å². The van der Waals surface area contributed by atoms with Gasteiger partial charge >= 0.3 is 0 Å². The van der Waals surface area contributed by atoms with E-state index in [1.54, 1.807) is 57.9 Å². The van der Waals surface area contributed by atoms with Crippen LogP contribution < -0.4 is 10.6 Å². The van der Waals surface area contributed by atoms with Crippen molar-refractivity contribution < 1.29 is 48.2 Å². The summed E-state index contributed by atoms with van der Waals surface area (Å²) < 4.78 is 6.13. The first kappa shape index (κ1) is 58.2. The van der Waals surface area contributed by atoms with Crippen molar-refractivity contribution in [3.63, 3.8) is 0 Å². The molecule has 71 heavy (non-hydrogen) atoms. The topological polar surface area (TPSA) is 206 Å². The molecule has 4 bridgehead atoms. The molecule has 3 N–H and O–H groups in total. The van der Waals surface area contributed by atoms with Crippen LogP contribution in [0.3, 0.4) is 0 Å². The van der Waals surface area contributed by atoms with Crippen LogP contribution in [0, 0.1) is 11.8 Å². The lowest BCUT2D eigenvalue weighted by atomic mass is 9.83. The smallest absolute Gasteiger partial charge is 0.247 e. The molecule has 0 radical (unpaired) electrons. The average molecular weight is 990 g/mol. The molecule has 1 heterocycles. The number of likely N-dealkylation sites (tertiary alicyclic amines) is 1. The zero-order valence-electron chi connectivity index (χ0n) is 44.4. The Morgan fingerprint density at radius 1 is 0.817 bits per heavy atom. The molecular weight excluding hydrogens is 907 g/mol. The van der Waals surface area contributed by atoms with Gasteiger partial charge in [-0.1, -0.05) is 73.1 Å². The van der Waals surface area contributed by atoms with Crippen LogP contribution in [0.15, 0.2) is 59.3 Å². The number of nitrogens with one attached hydrogen (secondary N) is 2. The molecule has 3 fully saturated rings.